The Morgan fingerprint density at radius 2 is 2.20 bits per heavy atom. The van der Waals surface area contributed by atoms with Crippen LogP contribution < -0.4 is 10.2 Å². The Hall–Kier alpha value is -1.11. The van der Waals surface area contributed by atoms with Crippen molar-refractivity contribution in [2.75, 3.05) is 64.9 Å². The van der Waals surface area contributed by atoms with Crippen molar-refractivity contribution in [1.29, 1.82) is 0 Å². The SMILES string of the molecule is COCC(C)n1ccnc1N(C)CCN1CCNCC1. The van der Waals surface area contributed by atoms with E-state index in [4.69, 9.17) is 4.74 Å². The Kier molecular flexibility index (Phi) is 5.82. The third-order valence-electron chi connectivity index (χ3n) is 3.83. The van der Waals surface area contributed by atoms with E-state index in [-0.39, 0.29) is 0 Å². The zero-order chi connectivity index (χ0) is 14.4. The van der Waals surface area contributed by atoms with Crippen LogP contribution in [0.5, 0.6) is 0 Å². The summed E-state index contributed by atoms with van der Waals surface area (Å²) in [6.07, 6.45) is 3.89. The summed E-state index contributed by atoms with van der Waals surface area (Å²) in [4.78, 5) is 9.21. The molecule has 0 bridgehead atoms. The maximum Gasteiger partial charge on any atom is 0.205 e. The fraction of sp³-hybridized carbons (Fsp3) is 0.786. The van der Waals surface area contributed by atoms with Gasteiger partial charge in [0.2, 0.25) is 5.95 Å². The van der Waals surface area contributed by atoms with Gasteiger partial charge in [-0.15, -0.1) is 0 Å². The maximum absolute atomic E-state index is 5.23. The first kappa shape index (κ1) is 15.3. The molecule has 2 rings (SSSR count). The third kappa shape index (κ3) is 3.94. The van der Waals surface area contributed by atoms with Crippen LogP contribution >= 0.6 is 0 Å². The zero-order valence-corrected chi connectivity index (χ0v) is 12.9. The topological polar surface area (TPSA) is 45.6 Å². The second kappa shape index (κ2) is 7.61. The molecule has 1 N–H and O–H groups in total. The molecule has 0 amide bonds. The minimum Gasteiger partial charge on any atom is -0.383 e. The lowest BCUT2D eigenvalue weighted by Gasteiger charge is -2.30. The summed E-state index contributed by atoms with van der Waals surface area (Å²) in [7, 11) is 3.85. The summed E-state index contributed by atoms with van der Waals surface area (Å²) in [6, 6.07) is 0.305. The number of anilines is 1. The maximum atomic E-state index is 5.23. The standard InChI is InChI=1S/C14H27N5O/c1-13(12-20-3)19-9-6-16-14(19)17(2)10-11-18-7-4-15-5-8-18/h6,9,13,15H,4-5,7-8,10-12H2,1-3H3. The molecule has 1 atom stereocenters. The molecule has 1 aliphatic rings. The summed E-state index contributed by atoms with van der Waals surface area (Å²) < 4.78 is 7.42. The first-order valence-corrected chi connectivity index (χ1v) is 7.38. The molecule has 0 saturated carbocycles. The number of imidazole rings is 1. The van der Waals surface area contributed by atoms with Crippen LogP contribution in [0.15, 0.2) is 12.4 Å². The van der Waals surface area contributed by atoms with Crippen molar-refractivity contribution in [2.24, 2.45) is 0 Å². The molecule has 1 saturated heterocycles. The Morgan fingerprint density at radius 1 is 1.45 bits per heavy atom. The number of aromatic nitrogens is 2. The van der Waals surface area contributed by atoms with Gasteiger partial charge in [0.15, 0.2) is 0 Å². The van der Waals surface area contributed by atoms with Crippen LogP contribution in [0.25, 0.3) is 0 Å². The number of rotatable bonds is 7. The van der Waals surface area contributed by atoms with Crippen LogP contribution in [0, 0.1) is 0 Å². The van der Waals surface area contributed by atoms with Crippen LogP contribution in [-0.2, 0) is 4.74 Å². The van der Waals surface area contributed by atoms with Gasteiger partial charge >= 0.3 is 0 Å². The number of methoxy groups -OCH3 is 1. The lowest BCUT2D eigenvalue weighted by Crippen LogP contribution is -2.46. The minimum absolute atomic E-state index is 0.305. The molecule has 6 heteroatoms. The van der Waals surface area contributed by atoms with Gasteiger partial charge < -0.3 is 19.5 Å². The summed E-state index contributed by atoms with van der Waals surface area (Å²) >= 11 is 0. The van der Waals surface area contributed by atoms with Crippen LogP contribution in [0.2, 0.25) is 0 Å². The molecule has 1 fully saturated rings. The van der Waals surface area contributed by atoms with Gasteiger partial charge in [0.1, 0.15) is 0 Å². The quantitative estimate of drug-likeness (QED) is 0.785. The van der Waals surface area contributed by atoms with Gasteiger partial charge in [0.25, 0.3) is 0 Å². The summed E-state index contributed by atoms with van der Waals surface area (Å²) in [5.41, 5.74) is 0. The van der Waals surface area contributed by atoms with Crippen LogP contribution in [-0.4, -0.2) is 74.5 Å². The van der Waals surface area contributed by atoms with E-state index in [1.807, 2.05) is 12.4 Å². The van der Waals surface area contributed by atoms with E-state index in [0.717, 1.165) is 45.2 Å². The van der Waals surface area contributed by atoms with E-state index in [0.29, 0.717) is 12.6 Å². The van der Waals surface area contributed by atoms with E-state index in [9.17, 15) is 0 Å². The van der Waals surface area contributed by atoms with Gasteiger partial charge in [0, 0.05) is 65.8 Å². The second-order valence-electron chi connectivity index (χ2n) is 5.45. The molecule has 1 aromatic heterocycles. The van der Waals surface area contributed by atoms with Crippen LogP contribution in [0.3, 0.4) is 0 Å². The fourth-order valence-electron chi connectivity index (χ4n) is 2.59. The molecule has 2 heterocycles. The van der Waals surface area contributed by atoms with Gasteiger partial charge in [-0.25, -0.2) is 4.98 Å². The molecular weight excluding hydrogens is 254 g/mol. The highest BCUT2D eigenvalue weighted by atomic mass is 16.5. The van der Waals surface area contributed by atoms with Gasteiger partial charge in [-0.05, 0) is 6.92 Å². The number of nitrogens with one attached hydrogen (secondary N) is 1. The Morgan fingerprint density at radius 3 is 2.90 bits per heavy atom. The number of likely N-dealkylation sites (N-methyl/N-ethyl adjacent to an activating group) is 1. The van der Waals surface area contributed by atoms with Crippen molar-refractivity contribution in [3.63, 3.8) is 0 Å². The lowest BCUT2D eigenvalue weighted by molar-refractivity contribution is 0.162. The molecule has 0 radical (unpaired) electrons. The molecular formula is C14H27N5O. The van der Waals surface area contributed by atoms with Gasteiger partial charge in [-0.2, -0.15) is 0 Å². The van der Waals surface area contributed by atoms with E-state index >= 15 is 0 Å². The lowest BCUT2D eigenvalue weighted by atomic mass is 10.3. The molecule has 20 heavy (non-hydrogen) atoms. The molecule has 1 aliphatic heterocycles. The highest BCUT2D eigenvalue weighted by Crippen LogP contribution is 2.16. The summed E-state index contributed by atoms with van der Waals surface area (Å²) in [5, 5.41) is 3.38. The molecule has 1 unspecified atom stereocenters. The Bertz CT molecular complexity index is 389. The number of nitrogens with zero attached hydrogens (tertiary/aromatic N) is 4. The van der Waals surface area contributed by atoms with Crippen molar-refractivity contribution in [3.8, 4) is 0 Å². The normalized spacial score (nSPS) is 18.1. The van der Waals surface area contributed by atoms with Gasteiger partial charge in [-0.3, -0.25) is 4.90 Å². The number of ether oxygens (including phenoxy) is 1. The number of hydrogen-bond donors (Lipinski definition) is 1. The van der Waals surface area contributed by atoms with Crippen molar-refractivity contribution in [3.05, 3.63) is 12.4 Å². The van der Waals surface area contributed by atoms with Gasteiger partial charge in [0.05, 0.1) is 12.6 Å². The molecule has 1 aromatic rings. The Balaban J connectivity index is 1.88. The van der Waals surface area contributed by atoms with Crippen LogP contribution in [0.4, 0.5) is 5.95 Å². The smallest absolute Gasteiger partial charge is 0.205 e. The Labute approximate surface area is 121 Å². The molecule has 0 aliphatic carbocycles. The van der Waals surface area contributed by atoms with Crippen molar-refractivity contribution in [2.45, 2.75) is 13.0 Å². The number of piperazine rings is 1. The molecule has 114 valence electrons. The predicted octanol–water partition coefficient (Wildman–Crippen LogP) is 0.432. The molecule has 0 aromatic carbocycles. The van der Waals surface area contributed by atoms with Crippen molar-refractivity contribution in [1.82, 2.24) is 19.8 Å². The molecule has 6 nitrogen and oxygen atoms in total. The number of hydrogen-bond acceptors (Lipinski definition) is 5. The fourth-order valence-corrected chi connectivity index (χ4v) is 2.59. The predicted molar refractivity (Wildman–Crippen MR) is 81.4 cm³/mol. The highest BCUT2D eigenvalue weighted by Gasteiger charge is 2.15. The van der Waals surface area contributed by atoms with Gasteiger partial charge in [-0.1, -0.05) is 0 Å². The summed E-state index contributed by atoms with van der Waals surface area (Å²) in [6.45, 7) is 9.42. The average Bonchev–Trinajstić information content (AvgIpc) is 2.96. The van der Waals surface area contributed by atoms with E-state index < -0.39 is 0 Å². The first-order valence-electron chi connectivity index (χ1n) is 7.38. The second-order valence-corrected chi connectivity index (χ2v) is 5.45. The first-order chi connectivity index (χ1) is 9.72. The minimum atomic E-state index is 0.305. The molecule has 0 spiro atoms. The zero-order valence-electron chi connectivity index (χ0n) is 12.9. The van der Waals surface area contributed by atoms with Crippen molar-refractivity contribution < 1.29 is 4.74 Å². The van der Waals surface area contributed by atoms with Crippen molar-refractivity contribution >= 4 is 5.95 Å². The monoisotopic (exact) mass is 281 g/mol. The highest BCUT2D eigenvalue weighted by molar-refractivity contribution is 5.30. The van der Waals surface area contributed by atoms with Crippen LogP contribution in [0.1, 0.15) is 13.0 Å². The third-order valence-corrected chi connectivity index (χ3v) is 3.83. The average molecular weight is 281 g/mol. The van der Waals surface area contributed by atoms with E-state index in [1.165, 1.54) is 0 Å². The summed E-state index contributed by atoms with van der Waals surface area (Å²) in [5.74, 6) is 1.02. The van der Waals surface area contributed by atoms with E-state index in [2.05, 4.69) is 38.6 Å². The van der Waals surface area contributed by atoms with E-state index in [1.54, 1.807) is 7.11 Å². The largest absolute Gasteiger partial charge is 0.383 e.